The van der Waals surface area contributed by atoms with Crippen molar-refractivity contribution in [2.24, 2.45) is 5.73 Å². The topological polar surface area (TPSA) is 53.1 Å². The Bertz CT molecular complexity index is 546. The van der Waals surface area contributed by atoms with Crippen molar-refractivity contribution in [1.29, 1.82) is 0 Å². The maximum absolute atomic E-state index is 5.59. The lowest BCUT2D eigenvalue weighted by Gasteiger charge is -2.06. The van der Waals surface area contributed by atoms with Gasteiger partial charge in [0.2, 0.25) is 0 Å². The Hall–Kier alpha value is -1.81. The quantitative estimate of drug-likeness (QED) is 0.897. The molecule has 0 amide bonds. The fourth-order valence-electron chi connectivity index (χ4n) is 2.23. The van der Waals surface area contributed by atoms with Crippen molar-refractivity contribution < 1.29 is 4.74 Å². The largest absolute Gasteiger partial charge is 0.497 e. The predicted octanol–water partition coefficient (Wildman–Crippen LogP) is 2.13. The SMILES string of the molecule is COc1cccc(-c2c(C)nn(CCN)c2C)c1. The second kappa shape index (κ2) is 5.23. The molecule has 2 aromatic rings. The molecule has 0 aliphatic rings. The maximum atomic E-state index is 5.59. The van der Waals surface area contributed by atoms with Crippen molar-refractivity contribution in [3.05, 3.63) is 35.7 Å². The van der Waals surface area contributed by atoms with Crippen LogP contribution in [0.4, 0.5) is 0 Å². The summed E-state index contributed by atoms with van der Waals surface area (Å²) in [6, 6.07) is 8.04. The molecule has 1 heterocycles. The minimum Gasteiger partial charge on any atom is -0.497 e. The van der Waals surface area contributed by atoms with Crippen LogP contribution >= 0.6 is 0 Å². The second-order valence-electron chi connectivity index (χ2n) is 4.29. The van der Waals surface area contributed by atoms with E-state index in [1.54, 1.807) is 7.11 Å². The van der Waals surface area contributed by atoms with Crippen LogP contribution in [0.2, 0.25) is 0 Å². The van der Waals surface area contributed by atoms with Crippen LogP contribution in [0.5, 0.6) is 5.75 Å². The molecule has 0 aliphatic carbocycles. The zero-order chi connectivity index (χ0) is 13.1. The van der Waals surface area contributed by atoms with Crippen LogP contribution in [-0.4, -0.2) is 23.4 Å². The molecular weight excluding hydrogens is 226 g/mol. The Morgan fingerprint density at radius 2 is 2.11 bits per heavy atom. The van der Waals surface area contributed by atoms with Gasteiger partial charge in [0.05, 0.1) is 19.3 Å². The van der Waals surface area contributed by atoms with Gasteiger partial charge in [-0.3, -0.25) is 4.68 Å². The van der Waals surface area contributed by atoms with E-state index in [1.807, 2.05) is 29.8 Å². The van der Waals surface area contributed by atoms with Gasteiger partial charge in [0.25, 0.3) is 0 Å². The van der Waals surface area contributed by atoms with Crippen LogP contribution in [-0.2, 0) is 6.54 Å². The number of aryl methyl sites for hydroxylation is 1. The predicted molar refractivity (Wildman–Crippen MR) is 72.7 cm³/mol. The molecule has 0 saturated heterocycles. The highest BCUT2D eigenvalue weighted by atomic mass is 16.5. The minimum atomic E-state index is 0.597. The van der Waals surface area contributed by atoms with Gasteiger partial charge in [-0.05, 0) is 31.5 Å². The van der Waals surface area contributed by atoms with Crippen LogP contribution in [0.3, 0.4) is 0 Å². The Morgan fingerprint density at radius 3 is 2.78 bits per heavy atom. The molecule has 18 heavy (non-hydrogen) atoms. The number of rotatable bonds is 4. The number of methoxy groups -OCH3 is 1. The van der Waals surface area contributed by atoms with E-state index in [0.717, 1.165) is 29.2 Å². The van der Waals surface area contributed by atoms with Crippen LogP contribution in [0.25, 0.3) is 11.1 Å². The summed E-state index contributed by atoms with van der Waals surface area (Å²) in [5, 5.41) is 4.53. The zero-order valence-electron chi connectivity index (χ0n) is 11.1. The van der Waals surface area contributed by atoms with Gasteiger partial charge >= 0.3 is 0 Å². The van der Waals surface area contributed by atoms with Gasteiger partial charge in [-0.25, -0.2) is 0 Å². The van der Waals surface area contributed by atoms with E-state index in [9.17, 15) is 0 Å². The van der Waals surface area contributed by atoms with Crippen molar-refractivity contribution in [3.8, 4) is 16.9 Å². The summed E-state index contributed by atoms with van der Waals surface area (Å²) < 4.78 is 7.23. The van der Waals surface area contributed by atoms with Gasteiger partial charge < -0.3 is 10.5 Å². The molecule has 1 aromatic heterocycles. The molecule has 4 nitrogen and oxygen atoms in total. The van der Waals surface area contributed by atoms with E-state index in [-0.39, 0.29) is 0 Å². The summed E-state index contributed by atoms with van der Waals surface area (Å²) in [5.74, 6) is 0.859. The summed E-state index contributed by atoms with van der Waals surface area (Å²) in [6.07, 6.45) is 0. The minimum absolute atomic E-state index is 0.597. The van der Waals surface area contributed by atoms with Crippen molar-refractivity contribution in [1.82, 2.24) is 9.78 Å². The Morgan fingerprint density at radius 1 is 1.33 bits per heavy atom. The first kappa shape index (κ1) is 12.6. The van der Waals surface area contributed by atoms with Gasteiger partial charge in [-0.2, -0.15) is 5.10 Å². The average molecular weight is 245 g/mol. The van der Waals surface area contributed by atoms with Gasteiger partial charge in [-0.1, -0.05) is 12.1 Å². The number of benzene rings is 1. The van der Waals surface area contributed by atoms with Crippen molar-refractivity contribution in [2.45, 2.75) is 20.4 Å². The smallest absolute Gasteiger partial charge is 0.119 e. The van der Waals surface area contributed by atoms with Crippen molar-refractivity contribution >= 4 is 0 Å². The van der Waals surface area contributed by atoms with E-state index in [2.05, 4.69) is 18.1 Å². The van der Waals surface area contributed by atoms with Crippen LogP contribution in [0.1, 0.15) is 11.4 Å². The first-order valence-corrected chi connectivity index (χ1v) is 6.06. The normalized spacial score (nSPS) is 10.7. The molecule has 0 atom stereocenters. The highest BCUT2D eigenvalue weighted by Gasteiger charge is 2.13. The van der Waals surface area contributed by atoms with Crippen LogP contribution in [0, 0.1) is 13.8 Å². The summed E-state index contributed by atoms with van der Waals surface area (Å²) in [6.45, 7) is 5.44. The molecule has 0 fully saturated rings. The highest BCUT2D eigenvalue weighted by Crippen LogP contribution is 2.29. The molecule has 96 valence electrons. The summed E-state index contributed by atoms with van der Waals surface area (Å²) in [5.41, 5.74) is 10.1. The number of hydrogen-bond donors (Lipinski definition) is 1. The van der Waals surface area contributed by atoms with Gasteiger partial charge in [-0.15, -0.1) is 0 Å². The third kappa shape index (κ3) is 2.24. The molecule has 4 heteroatoms. The van der Waals surface area contributed by atoms with E-state index in [0.29, 0.717) is 6.54 Å². The lowest BCUT2D eigenvalue weighted by molar-refractivity contribution is 0.415. The molecule has 1 aromatic carbocycles. The summed E-state index contributed by atoms with van der Waals surface area (Å²) >= 11 is 0. The number of hydrogen-bond acceptors (Lipinski definition) is 3. The molecule has 2 rings (SSSR count). The van der Waals surface area contributed by atoms with Crippen molar-refractivity contribution in [3.63, 3.8) is 0 Å². The highest BCUT2D eigenvalue weighted by molar-refractivity contribution is 5.69. The third-order valence-electron chi connectivity index (χ3n) is 3.08. The van der Waals surface area contributed by atoms with Gasteiger partial charge in [0.1, 0.15) is 5.75 Å². The number of nitrogens with two attached hydrogens (primary N) is 1. The Labute approximate surface area is 107 Å². The average Bonchev–Trinajstić information content (AvgIpc) is 2.65. The number of nitrogens with zero attached hydrogens (tertiary/aromatic N) is 2. The first-order chi connectivity index (χ1) is 8.67. The Kier molecular flexibility index (Phi) is 3.67. The standard InChI is InChI=1S/C14H19N3O/c1-10-14(11(2)17(16-10)8-7-15)12-5-4-6-13(9-12)18-3/h4-6,9H,7-8,15H2,1-3H3. The van der Waals surface area contributed by atoms with E-state index < -0.39 is 0 Å². The zero-order valence-corrected chi connectivity index (χ0v) is 11.1. The molecule has 0 saturated carbocycles. The number of ether oxygens (including phenoxy) is 1. The molecule has 0 aliphatic heterocycles. The van der Waals surface area contributed by atoms with Crippen LogP contribution < -0.4 is 10.5 Å². The first-order valence-electron chi connectivity index (χ1n) is 6.06. The molecule has 0 unspecified atom stereocenters. The van der Waals surface area contributed by atoms with Gasteiger partial charge in [0, 0.05) is 17.8 Å². The summed E-state index contributed by atoms with van der Waals surface area (Å²) in [4.78, 5) is 0. The summed E-state index contributed by atoms with van der Waals surface area (Å²) in [7, 11) is 1.68. The monoisotopic (exact) mass is 245 g/mol. The fourth-order valence-corrected chi connectivity index (χ4v) is 2.23. The lowest BCUT2D eigenvalue weighted by atomic mass is 10.0. The fraction of sp³-hybridized carbons (Fsp3) is 0.357. The Balaban J connectivity index is 2.49. The van der Waals surface area contributed by atoms with Crippen molar-refractivity contribution in [2.75, 3.05) is 13.7 Å². The maximum Gasteiger partial charge on any atom is 0.119 e. The molecule has 0 bridgehead atoms. The van der Waals surface area contributed by atoms with E-state index in [1.165, 1.54) is 5.56 Å². The van der Waals surface area contributed by atoms with Crippen LogP contribution in [0.15, 0.2) is 24.3 Å². The van der Waals surface area contributed by atoms with E-state index in [4.69, 9.17) is 10.5 Å². The molecular formula is C14H19N3O. The number of aromatic nitrogens is 2. The second-order valence-corrected chi connectivity index (χ2v) is 4.29. The molecule has 0 radical (unpaired) electrons. The molecule has 0 spiro atoms. The lowest BCUT2D eigenvalue weighted by Crippen LogP contribution is -2.12. The van der Waals surface area contributed by atoms with E-state index >= 15 is 0 Å². The third-order valence-corrected chi connectivity index (χ3v) is 3.08. The van der Waals surface area contributed by atoms with Gasteiger partial charge in [0.15, 0.2) is 0 Å². The molecule has 2 N–H and O–H groups in total.